The largest absolute Gasteiger partial charge is 0.493 e. The number of methoxy groups -OCH3 is 3. The second-order valence-electron chi connectivity index (χ2n) is 7.78. The summed E-state index contributed by atoms with van der Waals surface area (Å²) in [6.07, 6.45) is 0. The predicted octanol–water partition coefficient (Wildman–Crippen LogP) is 1.38. The Kier molecular flexibility index (Phi) is 7.12. The molecule has 8 heteroatoms. The molecule has 1 aliphatic heterocycles. The molecule has 156 valence electrons. The van der Waals surface area contributed by atoms with Gasteiger partial charge in [-0.25, -0.2) is 0 Å². The Balaban J connectivity index is 2.01. The first-order chi connectivity index (χ1) is 13.2. The summed E-state index contributed by atoms with van der Waals surface area (Å²) in [5.41, 5.74) is 0.231. The lowest BCUT2D eigenvalue weighted by Gasteiger charge is -2.35. The van der Waals surface area contributed by atoms with Gasteiger partial charge in [0.05, 0.1) is 27.9 Å². The summed E-state index contributed by atoms with van der Waals surface area (Å²) >= 11 is 0. The van der Waals surface area contributed by atoms with Crippen LogP contribution in [0.1, 0.15) is 31.1 Å². The number of hydrogen-bond acceptors (Lipinski definition) is 6. The van der Waals surface area contributed by atoms with Crippen molar-refractivity contribution in [2.24, 2.45) is 0 Å². The molecule has 1 heterocycles. The summed E-state index contributed by atoms with van der Waals surface area (Å²) in [7, 11) is 4.57. The first-order valence-electron chi connectivity index (χ1n) is 9.31. The number of rotatable bonds is 6. The van der Waals surface area contributed by atoms with E-state index in [-0.39, 0.29) is 17.4 Å². The molecule has 8 nitrogen and oxygen atoms in total. The van der Waals surface area contributed by atoms with Gasteiger partial charge in [-0.2, -0.15) is 0 Å². The lowest BCUT2D eigenvalue weighted by Crippen LogP contribution is -2.52. The zero-order valence-corrected chi connectivity index (χ0v) is 17.6. The number of nitrogens with one attached hydrogen (secondary N) is 1. The molecule has 1 aromatic rings. The van der Waals surface area contributed by atoms with E-state index in [9.17, 15) is 9.59 Å². The van der Waals surface area contributed by atoms with E-state index in [2.05, 4.69) is 10.2 Å². The van der Waals surface area contributed by atoms with Crippen LogP contribution in [0.25, 0.3) is 0 Å². The minimum Gasteiger partial charge on any atom is -0.493 e. The van der Waals surface area contributed by atoms with Crippen molar-refractivity contribution in [3.63, 3.8) is 0 Å². The summed E-state index contributed by atoms with van der Waals surface area (Å²) in [4.78, 5) is 28.9. The quantitative estimate of drug-likeness (QED) is 0.787. The number of ether oxygens (including phenoxy) is 3. The summed E-state index contributed by atoms with van der Waals surface area (Å²) in [5.74, 6) is 1.25. The minimum atomic E-state index is -0.249. The summed E-state index contributed by atoms with van der Waals surface area (Å²) in [6.45, 7) is 8.61. The van der Waals surface area contributed by atoms with Crippen molar-refractivity contribution in [3.8, 4) is 17.2 Å². The number of amides is 2. The van der Waals surface area contributed by atoms with Gasteiger partial charge in [0.15, 0.2) is 11.5 Å². The van der Waals surface area contributed by atoms with Gasteiger partial charge in [-0.15, -0.1) is 0 Å². The first-order valence-corrected chi connectivity index (χ1v) is 9.31. The molecular formula is C20H31N3O5. The first kappa shape index (κ1) is 21.8. The average Bonchev–Trinajstić information content (AvgIpc) is 2.65. The van der Waals surface area contributed by atoms with Gasteiger partial charge in [0.2, 0.25) is 11.7 Å². The molecule has 2 amide bonds. The smallest absolute Gasteiger partial charge is 0.254 e. The van der Waals surface area contributed by atoms with E-state index in [0.29, 0.717) is 55.5 Å². The topological polar surface area (TPSA) is 80.3 Å². The molecular weight excluding hydrogens is 362 g/mol. The molecule has 0 bridgehead atoms. The highest BCUT2D eigenvalue weighted by atomic mass is 16.5. The molecule has 0 aromatic heterocycles. The van der Waals surface area contributed by atoms with Gasteiger partial charge in [-0.05, 0) is 32.9 Å². The van der Waals surface area contributed by atoms with E-state index in [4.69, 9.17) is 14.2 Å². The van der Waals surface area contributed by atoms with Crippen LogP contribution < -0.4 is 19.5 Å². The maximum atomic E-state index is 12.9. The van der Waals surface area contributed by atoms with Crippen molar-refractivity contribution < 1.29 is 23.8 Å². The molecule has 28 heavy (non-hydrogen) atoms. The number of nitrogens with zero attached hydrogens (tertiary/aromatic N) is 2. The van der Waals surface area contributed by atoms with E-state index < -0.39 is 0 Å². The highest BCUT2D eigenvalue weighted by Gasteiger charge is 2.26. The van der Waals surface area contributed by atoms with E-state index in [1.54, 1.807) is 17.0 Å². The van der Waals surface area contributed by atoms with E-state index in [0.717, 1.165) is 0 Å². The summed E-state index contributed by atoms with van der Waals surface area (Å²) in [6, 6.07) is 3.32. The number of carbonyl (C=O) groups excluding carboxylic acids is 2. The SMILES string of the molecule is COc1cc(C(=O)N2CCN(CC(=O)NC(C)(C)C)CC2)cc(OC)c1OC. The van der Waals surface area contributed by atoms with Crippen LogP contribution in [-0.4, -0.2) is 81.2 Å². The predicted molar refractivity (Wildman–Crippen MR) is 106 cm³/mol. The molecule has 2 rings (SSSR count). The lowest BCUT2D eigenvalue weighted by molar-refractivity contribution is -0.124. The van der Waals surface area contributed by atoms with Gasteiger partial charge in [0.25, 0.3) is 5.91 Å². The van der Waals surface area contributed by atoms with Crippen molar-refractivity contribution in [2.45, 2.75) is 26.3 Å². The fourth-order valence-corrected chi connectivity index (χ4v) is 3.16. The van der Waals surface area contributed by atoms with Gasteiger partial charge in [-0.3, -0.25) is 14.5 Å². The van der Waals surface area contributed by atoms with Gasteiger partial charge < -0.3 is 24.4 Å². The molecule has 0 unspecified atom stereocenters. The van der Waals surface area contributed by atoms with Gasteiger partial charge >= 0.3 is 0 Å². The standard InChI is InChI=1S/C20H31N3O5/c1-20(2,3)21-17(24)13-22-7-9-23(10-8-22)19(25)14-11-15(26-4)18(28-6)16(12-14)27-5/h11-12H,7-10,13H2,1-6H3,(H,21,24). The summed E-state index contributed by atoms with van der Waals surface area (Å²) < 4.78 is 16.0. The molecule has 1 aromatic carbocycles. The van der Waals surface area contributed by atoms with E-state index >= 15 is 0 Å². The Morgan fingerprint density at radius 3 is 1.93 bits per heavy atom. The van der Waals surface area contributed by atoms with Crippen LogP contribution in [0.2, 0.25) is 0 Å². The molecule has 0 atom stereocenters. The molecule has 1 aliphatic rings. The van der Waals surface area contributed by atoms with Crippen molar-refractivity contribution in [2.75, 3.05) is 54.1 Å². The zero-order valence-electron chi connectivity index (χ0n) is 17.6. The fraction of sp³-hybridized carbons (Fsp3) is 0.600. The Labute approximate surface area is 166 Å². The maximum absolute atomic E-state index is 12.9. The van der Waals surface area contributed by atoms with Crippen LogP contribution in [-0.2, 0) is 4.79 Å². The Bertz CT molecular complexity index is 681. The maximum Gasteiger partial charge on any atom is 0.254 e. The van der Waals surface area contributed by atoms with Crippen LogP contribution >= 0.6 is 0 Å². The normalized spacial score (nSPS) is 15.1. The Morgan fingerprint density at radius 1 is 0.964 bits per heavy atom. The fourth-order valence-electron chi connectivity index (χ4n) is 3.16. The molecule has 1 fully saturated rings. The van der Waals surface area contributed by atoms with Crippen LogP contribution in [0.15, 0.2) is 12.1 Å². The summed E-state index contributed by atoms with van der Waals surface area (Å²) in [5, 5.41) is 2.96. The van der Waals surface area contributed by atoms with E-state index in [1.807, 2.05) is 20.8 Å². The molecule has 1 N–H and O–H groups in total. The van der Waals surface area contributed by atoms with Crippen LogP contribution in [0.3, 0.4) is 0 Å². The van der Waals surface area contributed by atoms with Gasteiger partial charge in [0, 0.05) is 37.3 Å². The number of carbonyl (C=O) groups is 2. The monoisotopic (exact) mass is 393 g/mol. The highest BCUT2D eigenvalue weighted by molar-refractivity contribution is 5.95. The molecule has 0 spiro atoms. The third-order valence-corrected chi connectivity index (χ3v) is 4.45. The molecule has 0 aliphatic carbocycles. The molecule has 0 radical (unpaired) electrons. The lowest BCUT2D eigenvalue weighted by atomic mass is 10.1. The van der Waals surface area contributed by atoms with Gasteiger partial charge in [-0.1, -0.05) is 0 Å². The Hall–Kier alpha value is -2.48. The van der Waals surface area contributed by atoms with Crippen molar-refractivity contribution in [1.29, 1.82) is 0 Å². The number of benzene rings is 1. The van der Waals surface area contributed by atoms with Crippen molar-refractivity contribution >= 4 is 11.8 Å². The van der Waals surface area contributed by atoms with Crippen LogP contribution in [0.4, 0.5) is 0 Å². The number of hydrogen-bond donors (Lipinski definition) is 1. The van der Waals surface area contributed by atoms with Crippen LogP contribution in [0.5, 0.6) is 17.2 Å². The molecule has 0 saturated carbocycles. The second-order valence-corrected chi connectivity index (χ2v) is 7.78. The zero-order chi connectivity index (χ0) is 20.9. The third-order valence-electron chi connectivity index (χ3n) is 4.45. The van der Waals surface area contributed by atoms with Crippen LogP contribution in [0, 0.1) is 0 Å². The molecule has 1 saturated heterocycles. The van der Waals surface area contributed by atoms with Crippen molar-refractivity contribution in [1.82, 2.24) is 15.1 Å². The van der Waals surface area contributed by atoms with Crippen molar-refractivity contribution in [3.05, 3.63) is 17.7 Å². The highest BCUT2D eigenvalue weighted by Crippen LogP contribution is 2.38. The minimum absolute atomic E-state index is 0.00287. The van der Waals surface area contributed by atoms with E-state index in [1.165, 1.54) is 21.3 Å². The second kappa shape index (κ2) is 9.14. The number of piperazine rings is 1. The Morgan fingerprint density at radius 2 is 1.50 bits per heavy atom. The third kappa shape index (κ3) is 5.51. The van der Waals surface area contributed by atoms with Gasteiger partial charge in [0.1, 0.15) is 0 Å². The average molecular weight is 393 g/mol.